The fourth-order valence-corrected chi connectivity index (χ4v) is 1.55. The van der Waals surface area contributed by atoms with E-state index in [1.807, 2.05) is 0 Å². The van der Waals surface area contributed by atoms with E-state index in [1.165, 1.54) is 0 Å². The van der Waals surface area contributed by atoms with E-state index in [-0.39, 0.29) is 0 Å². The highest BCUT2D eigenvalue weighted by Crippen LogP contribution is 2.27. The molecule has 0 aliphatic carbocycles. The topological polar surface area (TPSA) is 93.8 Å². The largest absolute Gasteiger partial charge is 0.481 e. The van der Waals surface area contributed by atoms with E-state index in [2.05, 4.69) is 4.98 Å². The van der Waals surface area contributed by atoms with Crippen LogP contribution in [-0.4, -0.2) is 45.7 Å². The van der Waals surface area contributed by atoms with Crippen LogP contribution in [0.25, 0.3) is 0 Å². The van der Waals surface area contributed by atoms with Crippen LogP contribution < -0.4 is 10.4 Å². The van der Waals surface area contributed by atoms with Crippen molar-refractivity contribution in [1.29, 1.82) is 0 Å². The monoisotopic (exact) mass is 266 g/mol. The van der Waals surface area contributed by atoms with Gasteiger partial charge in [0.15, 0.2) is 0 Å². The summed E-state index contributed by atoms with van der Waals surface area (Å²) in [5.41, 5.74) is -1.52. The second kappa shape index (κ2) is 5.05. The first kappa shape index (κ1) is 7.88. The Morgan fingerprint density at radius 3 is 3.22 bits per heavy atom. The minimum absolute atomic E-state index is 0.423. The van der Waals surface area contributed by atoms with Crippen molar-refractivity contribution >= 4 is 0 Å². The van der Waals surface area contributed by atoms with Gasteiger partial charge in [0, 0.05) is 23.6 Å². The minimum Gasteiger partial charge on any atom is -0.481 e. The summed E-state index contributed by atoms with van der Waals surface area (Å²) in [6.07, 6.45) is -6.05. The van der Waals surface area contributed by atoms with Gasteiger partial charge < -0.3 is 19.7 Å². The van der Waals surface area contributed by atoms with Gasteiger partial charge in [0.1, 0.15) is 12.3 Å². The van der Waals surface area contributed by atoms with Gasteiger partial charge in [-0.05, 0) is 6.85 Å². The van der Waals surface area contributed by atoms with E-state index in [9.17, 15) is 9.90 Å². The lowest BCUT2D eigenvalue weighted by Gasteiger charge is -2.15. The maximum Gasteiger partial charge on any atom is 0.352 e. The molecule has 100 valence electrons. The maximum absolute atomic E-state index is 12.1. The molecule has 1 aromatic heterocycles. The van der Waals surface area contributed by atoms with Crippen LogP contribution in [0.3, 0.4) is 0 Å². The van der Waals surface area contributed by atoms with Gasteiger partial charge in [0.2, 0.25) is 5.88 Å². The standard InChI is InChI=1S/C11H16N2O5/c1-6-4-13(11(16)12-10(6)17-2)9-3-7(15)8(5-14)18-9/h4,7-9,14-15H,3,5H2,1-2H3/t7-,8+,9+/m0/s1/i1T3,3T,9T/t3?,7-,8+,9+. The van der Waals surface area contributed by atoms with Crippen LogP contribution in [0.2, 0.25) is 0 Å². The lowest BCUT2D eigenvalue weighted by molar-refractivity contribution is -0.0460. The zero-order valence-corrected chi connectivity index (χ0v) is 9.53. The van der Waals surface area contributed by atoms with Gasteiger partial charge in [-0.3, -0.25) is 4.57 Å². The Morgan fingerprint density at radius 2 is 2.67 bits per heavy atom. The number of nitrogens with zero attached hydrogens (tertiary/aromatic N) is 2. The molecule has 1 aliphatic heterocycles. The second-order valence-electron chi connectivity index (χ2n) is 3.65. The molecule has 0 amide bonds. The molecule has 0 aromatic carbocycles. The fraction of sp³-hybridized carbons (Fsp3) is 0.636. The van der Waals surface area contributed by atoms with Crippen LogP contribution in [0.4, 0.5) is 0 Å². The summed E-state index contributed by atoms with van der Waals surface area (Å²) in [5.74, 6) is -0.423. The van der Waals surface area contributed by atoms with Crippen LogP contribution in [0, 0.1) is 6.85 Å². The highest BCUT2D eigenvalue weighted by molar-refractivity contribution is 5.20. The molecule has 18 heavy (non-hydrogen) atoms. The molecule has 2 heterocycles. The zero-order valence-electron chi connectivity index (χ0n) is 14.5. The molecule has 7 heteroatoms. The Bertz CT molecular complexity index is 651. The first-order valence-electron chi connectivity index (χ1n) is 7.71. The summed E-state index contributed by atoms with van der Waals surface area (Å²) in [7, 11) is 1.14. The smallest absolute Gasteiger partial charge is 0.352 e. The Kier molecular flexibility index (Phi) is 2.21. The lowest BCUT2D eigenvalue weighted by Crippen LogP contribution is -2.28. The average Bonchev–Trinajstić information content (AvgIpc) is 2.70. The average molecular weight is 266 g/mol. The summed E-state index contributed by atoms with van der Waals surface area (Å²) in [6.45, 7) is -3.35. The first-order valence-corrected chi connectivity index (χ1v) is 5.14. The van der Waals surface area contributed by atoms with Crippen molar-refractivity contribution in [2.75, 3.05) is 13.7 Å². The van der Waals surface area contributed by atoms with Gasteiger partial charge in [0.05, 0.1) is 21.2 Å². The molecule has 1 aromatic rings. The van der Waals surface area contributed by atoms with Crippen molar-refractivity contribution in [3.8, 4) is 5.88 Å². The van der Waals surface area contributed by atoms with E-state index < -0.39 is 55.4 Å². The molecular weight excluding hydrogens is 240 g/mol. The van der Waals surface area contributed by atoms with E-state index in [0.717, 1.165) is 13.3 Å². The van der Waals surface area contributed by atoms with Crippen LogP contribution in [0.5, 0.6) is 5.88 Å². The highest BCUT2D eigenvalue weighted by Gasteiger charge is 2.35. The Balaban J connectivity index is 2.62. The van der Waals surface area contributed by atoms with Crippen molar-refractivity contribution < 1.29 is 26.5 Å². The molecule has 1 unspecified atom stereocenters. The third-order valence-corrected chi connectivity index (χ3v) is 2.47. The molecule has 1 saturated heterocycles. The summed E-state index contributed by atoms with van der Waals surface area (Å²) in [4.78, 5) is 15.5. The molecule has 4 atom stereocenters. The van der Waals surface area contributed by atoms with Crippen molar-refractivity contribution in [2.45, 2.75) is 31.7 Å². The summed E-state index contributed by atoms with van der Waals surface area (Å²) in [6, 6.07) is 0. The number of aromatic nitrogens is 2. The van der Waals surface area contributed by atoms with Gasteiger partial charge in [-0.15, -0.1) is 0 Å². The SMILES string of the molecule is [3H]C1[C@H](O)[C@@H](CO)O[C@@]1([3H])n1cc(C([3H])([3H])[3H])c(OC)nc1=O. The molecular formula is C11H16N2O5. The van der Waals surface area contributed by atoms with Gasteiger partial charge in [-0.25, -0.2) is 4.79 Å². The van der Waals surface area contributed by atoms with Crippen LogP contribution >= 0.6 is 0 Å². The quantitative estimate of drug-likeness (QED) is 0.744. The molecule has 0 bridgehead atoms. The zero-order chi connectivity index (χ0) is 17.6. The van der Waals surface area contributed by atoms with Crippen molar-refractivity contribution in [2.24, 2.45) is 0 Å². The second-order valence-corrected chi connectivity index (χ2v) is 3.65. The number of aliphatic hydroxyl groups is 2. The third kappa shape index (κ3) is 2.24. The Labute approximate surface area is 111 Å². The fourth-order valence-electron chi connectivity index (χ4n) is 1.55. The number of ether oxygens (including phenoxy) is 2. The molecule has 2 rings (SSSR count). The predicted molar refractivity (Wildman–Crippen MR) is 61.4 cm³/mol. The first-order chi connectivity index (χ1) is 10.6. The Morgan fingerprint density at radius 1 is 1.89 bits per heavy atom. The molecule has 0 radical (unpaired) electrons. The number of hydrogen-bond acceptors (Lipinski definition) is 6. The van der Waals surface area contributed by atoms with Crippen LogP contribution in [0.1, 0.15) is 25.0 Å². The minimum atomic E-state index is -2.69. The van der Waals surface area contributed by atoms with Gasteiger partial charge in [-0.2, -0.15) is 4.98 Å². The maximum atomic E-state index is 12.1. The van der Waals surface area contributed by atoms with E-state index in [1.54, 1.807) is 0 Å². The molecule has 2 N–H and O–H groups in total. The molecule has 0 saturated carbocycles. The molecule has 7 nitrogen and oxygen atoms in total. The number of hydrogen-bond donors (Lipinski definition) is 2. The number of rotatable bonds is 3. The highest BCUT2D eigenvalue weighted by atomic mass is 16.5. The van der Waals surface area contributed by atoms with E-state index in [0.29, 0.717) is 4.57 Å². The summed E-state index contributed by atoms with van der Waals surface area (Å²) in [5, 5.41) is 18.9. The predicted octanol–water partition coefficient (Wildman–Crippen LogP) is -0.799. The van der Waals surface area contributed by atoms with Crippen molar-refractivity contribution in [3.63, 3.8) is 0 Å². The normalized spacial score (nSPS) is 40.4. The summed E-state index contributed by atoms with van der Waals surface area (Å²) >= 11 is 0. The molecule has 1 fully saturated rings. The number of aliphatic hydroxyl groups excluding tert-OH is 2. The third-order valence-electron chi connectivity index (χ3n) is 2.47. The lowest BCUT2D eigenvalue weighted by atomic mass is 10.2. The molecule has 0 spiro atoms. The number of aryl methyl sites for hydroxylation is 1. The number of methoxy groups -OCH3 is 1. The van der Waals surface area contributed by atoms with Gasteiger partial charge in [-0.1, -0.05) is 0 Å². The Hall–Kier alpha value is -1.44. The van der Waals surface area contributed by atoms with E-state index in [4.69, 9.17) is 21.4 Å². The van der Waals surface area contributed by atoms with E-state index >= 15 is 0 Å². The van der Waals surface area contributed by atoms with Gasteiger partial charge in [0.25, 0.3) is 0 Å². The van der Waals surface area contributed by atoms with Crippen LogP contribution in [-0.2, 0) is 4.74 Å². The molecule has 1 aliphatic rings. The van der Waals surface area contributed by atoms with Gasteiger partial charge >= 0.3 is 5.69 Å². The van der Waals surface area contributed by atoms with Crippen molar-refractivity contribution in [3.05, 3.63) is 22.2 Å². The van der Waals surface area contributed by atoms with Crippen molar-refractivity contribution in [1.82, 2.24) is 9.55 Å². The van der Waals surface area contributed by atoms with Crippen LogP contribution in [0.15, 0.2) is 11.0 Å². The summed E-state index contributed by atoms with van der Waals surface area (Å²) < 4.78 is 48.7.